The summed E-state index contributed by atoms with van der Waals surface area (Å²) in [5, 5.41) is 6.73. The Morgan fingerprint density at radius 2 is 2.12 bits per heavy atom. The van der Waals surface area contributed by atoms with E-state index in [2.05, 4.69) is 15.6 Å². The van der Waals surface area contributed by atoms with Crippen LogP contribution in [0.5, 0.6) is 0 Å². The summed E-state index contributed by atoms with van der Waals surface area (Å²) in [6.45, 7) is 3.90. The SMILES string of the molecule is CN=C(NCCCOC1CCOC1)NCC1(c2ccc(F)cc2)CC1. The molecule has 1 saturated carbocycles. The third-order valence-electron chi connectivity index (χ3n) is 4.98. The first-order valence-electron chi connectivity index (χ1n) is 9.12. The molecule has 0 bridgehead atoms. The molecule has 0 radical (unpaired) electrons. The Kier molecular flexibility index (Phi) is 6.26. The van der Waals surface area contributed by atoms with E-state index >= 15 is 0 Å². The van der Waals surface area contributed by atoms with E-state index in [0.717, 1.165) is 64.6 Å². The van der Waals surface area contributed by atoms with Crippen LogP contribution in [0, 0.1) is 5.82 Å². The third-order valence-corrected chi connectivity index (χ3v) is 4.98. The van der Waals surface area contributed by atoms with E-state index in [1.807, 2.05) is 12.1 Å². The molecule has 1 aromatic carbocycles. The number of guanidine groups is 1. The van der Waals surface area contributed by atoms with Gasteiger partial charge in [-0.05, 0) is 43.4 Å². The number of rotatable bonds is 8. The third kappa shape index (κ3) is 5.16. The number of ether oxygens (including phenoxy) is 2. The van der Waals surface area contributed by atoms with E-state index in [9.17, 15) is 4.39 Å². The Morgan fingerprint density at radius 1 is 1.32 bits per heavy atom. The first-order chi connectivity index (χ1) is 12.2. The highest BCUT2D eigenvalue weighted by Gasteiger charge is 2.44. The number of aliphatic imine (C=N–C) groups is 1. The van der Waals surface area contributed by atoms with Crippen LogP contribution >= 0.6 is 0 Å². The largest absolute Gasteiger partial charge is 0.379 e. The van der Waals surface area contributed by atoms with Crippen molar-refractivity contribution in [2.75, 3.05) is 40.0 Å². The monoisotopic (exact) mass is 349 g/mol. The van der Waals surface area contributed by atoms with Crippen molar-refractivity contribution in [3.05, 3.63) is 35.6 Å². The second-order valence-electron chi connectivity index (χ2n) is 6.85. The quantitative estimate of drug-likeness (QED) is 0.429. The number of hydrogen-bond acceptors (Lipinski definition) is 3. The maximum atomic E-state index is 13.1. The molecular formula is C19H28FN3O2. The molecule has 5 nitrogen and oxygen atoms in total. The molecule has 1 aromatic rings. The van der Waals surface area contributed by atoms with Gasteiger partial charge >= 0.3 is 0 Å². The van der Waals surface area contributed by atoms with Crippen molar-refractivity contribution in [3.63, 3.8) is 0 Å². The molecule has 1 unspecified atom stereocenters. The minimum Gasteiger partial charge on any atom is -0.379 e. The summed E-state index contributed by atoms with van der Waals surface area (Å²) < 4.78 is 24.1. The van der Waals surface area contributed by atoms with Gasteiger partial charge in [-0.3, -0.25) is 4.99 Å². The molecule has 6 heteroatoms. The van der Waals surface area contributed by atoms with E-state index < -0.39 is 0 Å². The normalized spacial score (nSPS) is 22.0. The molecule has 25 heavy (non-hydrogen) atoms. The van der Waals surface area contributed by atoms with Crippen molar-refractivity contribution < 1.29 is 13.9 Å². The molecule has 138 valence electrons. The molecule has 3 rings (SSSR count). The van der Waals surface area contributed by atoms with Crippen molar-refractivity contribution in [2.45, 2.75) is 37.2 Å². The summed E-state index contributed by atoms with van der Waals surface area (Å²) in [7, 11) is 1.78. The van der Waals surface area contributed by atoms with Crippen LogP contribution in [0.15, 0.2) is 29.3 Å². The lowest BCUT2D eigenvalue weighted by Crippen LogP contribution is -2.41. The van der Waals surface area contributed by atoms with Gasteiger partial charge in [0.2, 0.25) is 0 Å². The minimum absolute atomic E-state index is 0.122. The molecule has 0 spiro atoms. The van der Waals surface area contributed by atoms with Gasteiger partial charge < -0.3 is 20.1 Å². The van der Waals surface area contributed by atoms with Crippen molar-refractivity contribution in [3.8, 4) is 0 Å². The van der Waals surface area contributed by atoms with Crippen LogP contribution in [0.2, 0.25) is 0 Å². The molecule has 0 amide bonds. The first-order valence-corrected chi connectivity index (χ1v) is 9.12. The van der Waals surface area contributed by atoms with Gasteiger partial charge in [-0.25, -0.2) is 4.39 Å². The summed E-state index contributed by atoms with van der Waals surface area (Å²) >= 11 is 0. The van der Waals surface area contributed by atoms with Crippen molar-refractivity contribution in [1.82, 2.24) is 10.6 Å². The van der Waals surface area contributed by atoms with Crippen LogP contribution in [-0.2, 0) is 14.9 Å². The fourth-order valence-electron chi connectivity index (χ4n) is 3.17. The van der Waals surface area contributed by atoms with E-state index in [4.69, 9.17) is 9.47 Å². The van der Waals surface area contributed by atoms with Crippen LogP contribution in [-0.4, -0.2) is 52.0 Å². The van der Waals surface area contributed by atoms with Crippen molar-refractivity contribution >= 4 is 5.96 Å². The fraction of sp³-hybridized carbons (Fsp3) is 0.632. The number of nitrogens with zero attached hydrogens (tertiary/aromatic N) is 1. The molecule has 1 saturated heterocycles. The maximum absolute atomic E-state index is 13.1. The molecule has 2 fully saturated rings. The highest BCUT2D eigenvalue weighted by Crippen LogP contribution is 2.47. The summed E-state index contributed by atoms with van der Waals surface area (Å²) in [6, 6.07) is 6.87. The average Bonchev–Trinajstić information content (AvgIpc) is 3.24. The topological polar surface area (TPSA) is 54.9 Å². The Bertz CT molecular complexity index is 567. The lowest BCUT2D eigenvalue weighted by Gasteiger charge is -2.19. The van der Waals surface area contributed by atoms with Crippen LogP contribution in [0.3, 0.4) is 0 Å². The van der Waals surface area contributed by atoms with E-state index in [1.54, 1.807) is 7.05 Å². The van der Waals surface area contributed by atoms with Gasteiger partial charge in [0.15, 0.2) is 5.96 Å². The zero-order valence-corrected chi connectivity index (χ0v) is 14.9. The summed E-state index contributed by atoms with van der Waals surface area (Å²) in [5.74, 6) is 0.619. The minimum atomic E-state index is -0.184. The van der Waals surface area contributed by atoms with E-state index in [-0.39, 0.29) is 17.3 Å². The van der Waals surface area contributed by atoms with Gasteiger partial charge in [0.1, 0.15) is 5.82 Å². The Labute approximate surface area is 149 Å². The standard InChI is InChI=1S/C19H28FN3O2/c1-21-18(22-10-2-11-25-17-7-12-24-13-17)23-14-19(8-9-19)15-3-5-16(20)6-4-15/h3-6,17H,2,7-14H2,1H3,(H2,21,22,23). The highest BCUT2D eigenvalue weighted by atomic mass is 19.1. The van der Waals surface area contributed by atoms with Gasteiger partial charge in [0.25, 0.3) is 0 Å². The van der Waals surface area contributed by atoms with Crippen LogP contribution in [0.1, 0.15) is 31.2 Å². The second kappa shape index (κ2) is 8.63. The van der Waals surface area contributed by atoms with E-state index in [0.29, 0.717) is 0 Å². The molecular weight excluding hydrogens is 321 g/mol. The zero-order chi connectivity index (χ0) is 17.5. The zero-order valence-electron chi connectivity index (χ0n) is 14.9. The van der Waals surface area contributed by atoms with Gasteiger partial charge in [0, 0.05) is 38.8 Å². The smallest absolute Gasteiger partial charge is 0.191 e. The summed E-state index contributed by atoms with van der Waals surface area (Å²) in [6.07, 6.45) is 4.45. The number of nitrogens with one attached hydrogen (secondary N) is 2. The van der Waals surface area contributed by atoms with Gasteiger partial charge in [-0.1, -0.05) is 12.1 Å². The fourth-order valence-corrected chi connectivity index (χ4v) is 3.17. The maximum Gasteiger partial charge on any atom is 0.191 e. The molecule has 1 aliphatic carbocycles. The molecule has 1 atom stereocenters. The van der Waals surface area contributed by atoms with Crippen LogP contribution < -0.4 is 10.6 Å². The Hall–Kier alpha value is -1.66. The molecule has 1 heterocycles. The summed E-state index contributed by atoms with van der Waals surface area (Å²) in [4.78, 5) is 4.28. The second-order valence-corrected chi connectivity index (χ2v) is 6.85. The molecule has 2 N–H and O–H groups in total. The predicted molar refractivity (Wildman–Crippen MR) is 96.5 cm³/mol. The number of hydrogen-bond donors (Lipinski definition) is 2. The lowest BCUT2D eigenvalue weighted by atomic mass is 9.96. The van der Waals surface area contributed by atoms with E-state index in [1.165, 1.54) is 17.7 Å². The van der Waals surface area contributed by atoms with Crippen molar-refractivity contribution in [1.29, 1.82) is 0 Å². The highest BCUT2D eigenvalue weighted by molar-refractivity contribution is 5.79. The first kappa shape index (κ1) is 18.1. The Balaban J connectivity index is 1.35. The molecule has 2 aliphatic rings. The predicted octanol–water partition coefficient (Wildman–Crippen LogP) is 2.22. The van der Waals surface area contributed by atoms with Gasteiger partial charge in [0.05, 0.1) is 12.7 Å². The molecule has 1 aliphatic heterocycles. The molecule has 0 aromatic heterocycles. The number of halogens is 1. The van der Waals surface area contributed by atoms with Crippen LogP contribution in [0.25, 0.3) is 0 Å². The van der Waals surface area contributed by atoms with Crippen LogP contribution in [0.4, 0.5) is 4.39 Å². The lowest BCUT2D eigenvalue weighted by molar-refractivity contribution is 0.0420. The van der Waals surface area contributed by atoms with Crippen molar-refractivity contribution in [2.24, 2.45) is 4.99 Å². The number of benzene rings is 1. The average molecular weight is 349 g/mol. The van der Waals surface area contributed by atoms with Gasteiger partial charge in [-0.2, -0.15) is 0 Å². The Morgan fingerprint density at radius 3 is 2.76 bits per heavy atom. The van der Waals surface area contributed by atoms with Gasteiger partial charge in [-0.15, -0.1) is 0 Å². The summed E-state index contributed by atoms with van der Waals surface area (Å²) in [5.41, 5.74) is 1.32.